The first-order valence-electron chi connectivity index (χ1n) is 6.53. The first-order valence-corrected chi connectivity index (χ1v) is 7.41. The van der Waals surface area contributed by atoms with Crippen LogP contribution in [-0.4, -0.2) is 24.6 Å². The number of nitrogens with zero attached hydrogens (tertiary/aromatic N) is 1. The number of esters is 1. The second-order valence-electron chi connectivity index (χ2n) is 4.78. The molecular formula is C13H20N2O2S. The van der Waals surface area contributed by atoms with Crippen molar-refractivity contribution in [3.05, 3.63) is 11.1 Å². The molecule has 1 N–H and O–H groups in total. The average Bonchev–Trinajstić information content (AvgIpc) is 2.85. The van der Waals surface area contributed by atoms with Crippen LogP contribution in [0.2, 0.25) is 0 Å². The number of rotatable bonds is 5. The lowest BCUT2D eigenvalue weighted by Crippen LogP contribution is -2.17. The van der Waals surface area contributed by atoms with E-state index in [4.69, 9.17) is 0 Å². The van der Waals surface area contributed by atoms with Crippen LogP contribution in [0, 0.1) is 5.92 Å². The normalized spacial score (nSPS) is 16.5. The number of carbonyl (C=O) groups is 1. The maximum Gasteiger partial charge on any atom is 0.311 e. The number of ether oxygens (including phenoxy) is 1. The number of aromatic nitrogens is 1. The van der Waals surface area contributed by atoms with Crippen LogP contribution < -0.4 is 5.32 Å². The third kappa shape index (κ3) is 3.98. The number of hydrogen-bond acceptors (Lipinski definition) is 5. The van der Waals surface area contributed by atoms with Gasteiger partial charge in [-0.2, -0.15) is 0 Å². The quantitative estimate of drug-likeness (QED) is 0.834. The summed E-state index contributed by atoms with van der Waals surface area (Å²) in [5.41, 5.74) is 0.790. The van der Waals surface area contributed by atoms with Gasteiger partial charge in [0.05, 0.1) is 19.2 Å². The molecule has 0 unspecified atom stereocenters. The molecule has 1 aromatic rings. The van der Waals surface area contributed by atoms with Crippen molar-refractivity contribution in [3.63, 3.8) is 0 Å². The Balaban J connectivity index is 1.77. The fraction of sp³-hybridized carbons (Fsp3) is 0.692. The summed E-state index contributed by atoms with van der Waals surface area (Å²) in [7, 11) is 1.40. The molecule has 4 nitrogen and oxygen atoms in total. The molecule has 1 saturated carbocycles. The molecule has 1 aromatic heterocycles. The zero-order chi connectivity index (χ0) is 12.8. The van der Waals surface area contributed by atoms with Gasteiger partial charge in [-0.3, -0.25) is 4.79 Å². The summed E-state index contributed by atoms with van der Waals surface area (Å²) in [6, 6.07) is 0. The smallest absolute Gasteiger partial charge is 0.311 e. The Bertz CT molecular complexity index is 386. The Labute approximate surface area is 112 Å². The van der Waals surface area contributed by atoms with Crippen molar-refractivity contribution in [1.29, 1.82) is 0 Å². The van der Waals surface area contributed by atoms with Gasteiger partial charge in [0.25, 0.3) is 0 Å². The van der Waals surface area contributed by atoms with E-state index in [0.717, 1.165) is 23.3 Å². The minimum absolute atomic E-state index is 0.237. The van der Waals surface area contributed by atoms with Gasteiger partial charge in [0, 0.05) is 11.9 Å². The standard InChI is InChI=1S/C13H20N2O2S/c1-17-12(16)7-11-9-18-13(15-11)14-8-10-5-3-2-4-6-10/h9-10H,2-8H2,1H3,(H,14,15). The molecule has 5 heteroatoms. The second kappa shape index (κ2) is 6.73. The van der Waals surface area contributed by atoms with Crippen molar-refractivity contribution in [2.75, 3.05) is 19.0 Å². The Morgan fingerprint density at radius 2 is 2.28 bits per heavy atom. The van der Waals surface area contributed by atoms with E-state index in [1.54, 1.807) is 11.3 Å². The van der Waals surface area contributed by atoms with E-state index in [2.05, 4.69) is 15.0 Å². The number of nitrogens with one attached hydrogen (secondary N) is 1. The van der Waals surface area contributed by atoms with Crippen molar-refractivity contribution in [2.24, 2.45) is 5.92 Å². The summed E-state index contributed by atoms with van der Waals surface area (Å²) in [6.45, 7) is 1.01. The Morgan fingerprint density at radius 1 is 1.50 bits per heavy atom. The number of methoxy groups -OCH3 is 1. The zero-order valence-corrected chi connectivity index (χ0v) is 11.6. The van der Waals surface area contributed by atoms with Crippen molar-refractivity contribution in [3.8, 4) is 0 Å². The van der Waals surface area contributed by atoms with Gasteiger partial charge in [-0.25, -0.2) is 4.98 Å². The molecule has 18 heavy (non-hydrogen) atoms. The van der Waals surface area contributed by atoms with Crippen LogP contribution in [-0.2, 0) is 16.0 Å². The fourth-order valence-corrected chi connectivity index (χ4v) is 3.03. The van der Waals surface area contributed by atoms with Crippen LogP contribution in [0.4, 0.5) is 5.13 Å². The first kappa shape index (κ1) is 13.3. The zero-order valence-electron chi connectivity index (χ0n) is 10.8. The van der Waals surface area contributed by atoms with Gasteiger partial charge >= 0.3 is 5.97 Å². The van der Waals surface area contributed by atoms with Gasteiger partial charge < -0.3 is 10.1 Å². The molecule has 0 aromatic carbocycles. The number of thiazole rings is 1. The third-order valence-corrected chi connectivity index (χ3v) is 4.22. The molecule has 1 aliphatic carbocycles. The molecule has 1 aliphatic rings. The van der Waals surface area contributed by atoms with E-state index in [-0.39, 0.29) is 12.4 Å². The summed E-state index contributed by atoms with van der Waals surface area (Å²) in [5.74, 6) is 0.547. The maximum absolute atomic E-state index is 11.1. The molecule has 0 saturated heterocycles. The topological polar surface area (TPSA) is 51.2 Å². The van der Waals surface area contributed by atoms with Gasteiger partial charge in [-0.1, -0.05) is 19.3 Å². The van der Waals surface area contributed by atoms with Crippen molar-refractivity contribution in [1.82, 2.24) is 4.98 Å². The summed E-state index contributed by atoms with van der Waals surface area (Å²) in [4.78, 5) is 15.5. The van der Waals surface area contributed by atoms with Crippen LogP contribution in [0.25, 0.3) is 0 Å². The highest BCUT2D eigenvalue weighted by Gasteiger charge is 2.14. The van der Waals surface area contributed by atoms with Crippen LogP contribution in [0.3, 0.4) is 0 Å². The number of hydrogen-bond donors (Lipinski definition) is 1. The SMILES string of the molecule is COC(=O)Cc1csc(NCC2CCCCC2)n1. The summed E-state index contributed by atoms with van der Waals surface area (Å²) >= 11 is 1.56. The van der Waals surface area contributed by atoms with Crippen LogP contribution in [0.15, 0.2) is 5.38 Å². The van der Waals surface area contributed by atoms with E-state index in [9.17, 15) is 4.79 Å². The highest BCUT2D eigenvalue weighted by atomic mass is 32.1. The molecular weight excluding hydrogens is 248 g/mol. The van der Waals surface area contributed by atoms with Crippen molar-refractivity contribution < 1.29 is 9.53 Å². The molecule has 1 fully saturated rings. The van der Waals surface area contributed by atoms with E-state index < -0.39 is 0 Å². The molecule has 0 atom stereocenters. The number of anilines is 1. The highest BCUT2D eigenvalue weighted by molar-refractivity contribution is 7.13. The van der Waals surface area contributed by atoms with Crippen LogP contribution >= 0.6 is 11.3 Å². The molecule has 0 bridgehead atoms. The minimum Gasteiger partial charge on any atom is -0.469 e. The summed E-state index contributed by atoms with van der Waals surface area (Å²) in [5, 5.41) is 6.21. The van der Waals surface area contributed by atoms with Crippen LogP contribution in [0.5, 0.6) is 0 Å². The fourth-order valence-electron chi connectivity index (χ4n) is 2.31. The first-order chi connectivity index (χ1) is 8.78. The largest absolute Gasteiger partial charge is 0.469 e. The Morgan fingerprint density at radius 3 is 3.00 bits per heavy atom. The molecule has 1 heterocycles. The maximum atomic E-state index is 11.1. The molecule has 0 aliphatic heterocycles. The van der Waals surface area contributed by atoms with E-state index >= 15 is 0 Å². The van der Waals surface area contributed by atoms with E-state index in [0.29, 0.717) is 0 Å². The van der Waals surface area contributed by atoms with Gasteiger partial charge in [-0.15, -0.1) is 11.3 Å². The van der Waals surface area contributed by atoms with Crippen molar-refractivity contribution >= 4 is 22.4 Å². The molecule has 0 spiro atoms. The third-order valence-electron chi connectivity index (χ3n) is 3.37. The lowest BCUT2D eigenvalue weighted by Gasteiger charge is -2.21. The minimum atomic E-state index is -0.237. The Kier molecular flexibility index (Phi) is 4.99. The monoisotopic (exact) mass is 268 g/mol. The van der Waals surface area contributed by atoms with E-state index in [1.165, 1.54) is 39.2 Å². The summed E-state index contributed by atoms with van der Waals surface area (Å²) < 4.78 is 4.62. The van der Waals surface area contributed by atoms with E-state index in [1.807, 2.05) is 5.38 Å². The molecule has 0 radical (unpaired) electrons. The predicted octanol–water partition coefficient (Wildman–Crippen LogP) is 2.85. The average molecular weight is 268 g/mol. The van der Waals surface area contributed by atoms with Gasteiger partial charge in [0.15, 0.2) is 5.13 Å². The lowest BCUT2D eigenvalue weighted by atomic mass is 9.89. The predicted molar refractivity (Wildman–Crippen MR) is 72.9 cm³/mol. The highest BCUT2D eigenvalue weighted by Crippen LogP contribution is 2.24. The summed E-state index contributed by atoms with van der Waals surface area (Å²) in [6.07, 6.45) is 7.02. The number of carbonyl (C=O) groups excluding carboxylic acids is 1. The molecule has 2 rings (SSSR count). The van der Waals surface area contributed by atoms with Crippen LogP contribution in [0.1, 0.15) is 37.8 Å². The van der Waals surface area contributed by atoms with Crippen molar-refractivity contribution in [2.45, 2.75) is 38.5 Å². The van der Waals surface area contributed by atoms with Gasteiger partial charge in [0.2, 0.25) is 0 Å². The van der Waals surface area contributed by atoms with Gasteiger partial charge in [-0.05, 0) is 18.8 Å². The molecule has 100 valence electrons. The molecule has 0 amide bonds. The second-order valence-corrected chi connectivity index (χ2v) is 5.64. The lowest BCUT2D eigenvalue weighted by molar-refractivity contribution is -0.139. The van der Waals surface area contributed by atoms with Gasteiger partial charge in [0.1, 0.15) is 0 Å². The Hall–Kier alpha value is -1.10.